The molecule has 1 aromatic carbocycles. The molecule has 1 aromatic rings. The first-order valence-corrected chi connectivity index (χ1v) is 5.83. The lowest BCUT2D eigenvalue weighted by Crippen LogP contribution is -2.43. The highest BCUT2D eigenvalue weighted by Crippen LogP contribution is 2.41. The maximum Gasteiger partial charge on any atom is 0.120 e. The summed E-state index contributed by atoms with van der Waals surface area (Å²) in [7, 11) is 0. The van der Waals surface area contributed by atoms with E-state index in [1.54, 1.807) is 0 Å². The van der Waals surface area contributed by atoms with E-state index in [9.17, 15) is 0 Å². The van der Waals surface area contributed by atoms with Crippen LogP contribution in [0, 0.1) is 0 Å². The Bertz CT molecular complexity index is 359. The zero-order valence-electron chi connectivity index (χ0n) is 9.26. The molecule has 88 valence electrons. The van der Waals surface area contributed by atoms with Crippen LogP contribution in [-0.2, 0) is 0 Å². The van der Waals surface area contributed by atoms with Gasteiger partial charge < -0.3 is 10.5 Å². The molecule has 2 aliphatic rings. The van der Waals surface area contributed by atoms with Gasteiger partial charge in [-0.15, -0.1) is 12.4 Å². The minimum atomic E-state index is 0. The fraction of sp³-hybridized carbons (Fsp3) is 0.538. The molecule has 2 nitrogen and oxygen atoms in total. The van der Waals surface area contributed by atoms with Gasteiger partial charge in [-0.25, -0.2) is 0 Å². The molecule has 0 radical (unpaired) electrons. The molecule has 0 atom stereocenters. The minimum Gasteiger partial charge on any atom is -0.490 e. The summed E-state index contributed by atoms with van der Waals surface area (Å²) in [5.74, 6) is 1.83. The maximum atomic E-state index is 5.86. The third-order valence-corrected chi connectivity index (χ3v) is 3.34. The SMILES string of the molecule is Cl.NC1CC(Oc2cccc(C3CC3)c2)C1. The molecular formula is C13H18ClNO. The van der Waals surface area contributed by atoms with E-state index in [0.717, 1.165) is 24.5 Å². The van der Waals surface area contributed by atoms with Crippen LogP contribution in [0.25, 0.3) is 0 Å². The lowest BCUT2D eigenvalue weighted by molar-refractivity contribution is 0.101. The highest BCUT2D eigenvalue weighted by atomic mass is 35.5. The second-order valence-corrected chi connectivity index (χ2v) is 4.82. The van der Waals surface area contributed by atoms with Crippen molar-refractivity contribution in [2.24, 2.45) is 5.73 Å². The van der Waals surface area contributed by atoms with Crippen LogP contribution in [0.5, 0.6) is 5.75 Å². The molecule has 0 bridgehead atoms. The van der Waals surface area contributed by atoms with Gasteiger partial charge in [0.25, 0.3) is 0 Å². The molecule has 3 heteroatoms. The molecule has 0 heterocycles. The summed E-state index contributed by atoms with van der Waals surface area (Å²) in [6.45, 7) is 0. The summed E-state index contributed by atoms with van der Waals surface area (Å²) >= 11 is 0. The van der Waals surface area contributed by atoms with E-state index in [1.807, 2.05) is 0 Å². The summed E-state index contributed by atoms with van der Waals surface area (Å²) in [6.07, 6.45) is 5.06. The molecule has 2 aliphatic carbocycles. The van der Waals surface area contributed by atoms with Crippen LogP contribution in [0.4, 0.5) is 0 Å². The number of benzene rings is 1. The lowest BCUT2D eigenvalue weighted by Gasteiger charge is -2.32. The number of rotatable bonds is 3. The molecule has 0 aromatic heterocycles. The van der Waals surface area contributed by atoms with Crippen molar-refractivity contribution in [2.45, 2.75) is 43.7 Å². The van der Waals surface area contributed by atoms with Gasteiger partial charge in [0.2, 0.25) is 0 Å². The lowest BCUT2D eigenvalue weighted by atomic mass is 9.90. The van der Waals surface area contributed by atoms with E-state index in [2.05, 4.69) is 24.3 Å². The maximum absolute atomic E-state index is 5.86. The van der Waals surface area contributed by atoms with Crippen LogP contribution in [0.2, 0.25) is 0 Å². The average Bonchev–Trinajstić information content (AvgIpc) is 2.99. The first-order chi connectivity index (χ1) is 7.31. The van der Waals surface area contributed by atoms with Gasteiger partial charge in [-0.3, -0.25) is 0 Å². The average molecular weight is 240 g/mol. The first-order valence-electron chi connectivity index (χ1n) is 5.83. The van der Waals surface area contributed by atoms with Crippen LogP contribution < -0.4 is 10.5 Å². The monoisotopic (exact) mass is 239 g/mol. The summed E-state index contributed by atoms with van der Waals surface area (Å²) in [6, 6.07) is 8.91. The minimum absolute atomic E-state index is 0. The standard InChI is InChI=1S/C13H17NO.ClH/c14-11-7-13(8-11)15-12-3-1-2-10(6-12)9-4-5-9;/h1-3,6,9,11,13H,4-5,7-8,14H2;1H. The van der Waals surface area contributed by atoms with Gasteiger partial charge in [-0.05, 0) is 49.3 Å². The molecule has 2 fully saturated rings. The molecule has 16 heavy (non-hydrogen) atoms. The van der Waals surface area contributed by atoms with Crippen molar-refractivity contribution >= 4 is 12.4 Å². The number of ether oxygens (including phenoxy) is 1. The Balaban J connectivity index is 0.000000963. The smallest absolute Gasteiger partial charge is 0.120 e. The van der Waals surface area contributed by atoms with Crippen molar-refractivity contribution < 1.29 is 4.74 Å². The second kappa shape index (κ2) is 4.64. The molecule has 0 aliphatic heterocycles. The van der Waals surface area contributed by atoms with E-state index in [-0.39, 0.29) is 12.4 Å². The van der Waals surface area contributed by atoms with Crippen LogP contribution in [0.3, 0.4) is 0 Å². The Morgan fingerprint density at radius 3 is 2.56 bits per heavy atom. The van der Waals surface area contributed by atoms with E-state index in [0.29, 0.717) is 12.1 Å². The molecule has 2 N–H and O–H groups in total. The third-order valence-electron chi connectivity index (χ3n) is 3.34. The van der Waals surface area contributed by atoms with Crippen molar-refractivity contribution in [1.29, 1.82) is 0 Å². The largest absolute Gasteiger partial charge is 0.490 e. The van der Waals surface area contributed by atoms with Crippen molar-refractivity contribution in [3.63, 3.8) is 0 Å². The molecule has 2 saturated carbocycles. The van der Waals surface area contributed by atoms with E-state index < -0.39 is 0 Å². The Kier molecular flexibility index (Phi) is 3.41. The molecule has 0 unspecified atom stereocenters. The van der Waals surface area contributed by atoms with Gasteiger partial charge in [-0.1, -0.05) is 12.1 Å². The zero-order valence-corrected chi connectivity index (χ0v) is 10.1. The van der Waals surface area contributed by atoms with Crippen LogP contribution in [0.15, 0.2) is 24.3 Å². The van der Waals surface area contributed by atoms with Crippen molar-refractivity contribution in [1.82, 2.24) is 0 Å². The number of halogens is 1. The summed E-state index contributed by atoms with van der Waals surface area (Å²) < 4.78 is 5.86. The molecule has 0 saturated heterocycles. The van der Waals surface area contributed by atoms with Crippen LogP contribution in [-0.4, -0.2) is 12.1 Å². The molecule has 0 amide bonds. The molecule has 3 rings (SSSR count). The normalized spacial score (nSPS) is 27.8. The zero-order chi connectivity index (χ0) is 10.3. The van der Waals surface area contributed by atoms with Gasteiger partial charge in [0.05, 0.1) is 0 Å². The van der Waals surface area contributed by atoms with Gasteiger partial charge >= 0.3 is 0 Å². The summed E-state index contributed by atoms with van der Waals surface area (Å²) in [4.78, 5) is 0. The van der Waals surface area contributed by atoms with Crippen molar-refractivity contribution in [3.8, 4) is 5.75 Å². The Labute approximate surface area is 103 Å². The fourth-order valence-electron chi connectivity index (χ4n) is 2.15. The van der Waals surface area contributed by atoms with Crippen LogP contribution in [0.1, 0.15) is 37.2 Å². The molecule has 0 spiro atoms. The topological polar surface area (TPSA) is 35.2 Å². The summed E-state index contributed by atoms with van der Waals surface area (Å²) in [5, 5.41) is 0. The summed E-state index contributed by atoms with van der Waals surface area (Å²) in [5.41, 5.74) is 7.17. The highest BCUT2D eigenvalue weighted by Gasteiger charge is 2.28. The van der Waals surface area contributed by atoms with Gasteiger partial charge in [0.15, 0.2) is 0 Å². The van der Waals surface area contributed by atoms with Crippen LogP contribution >= 0.6 is 12.4 Å². The quantitative estimate of drug-likeness (QED) is 0.881. The van der Waals surface area contributed by atoms with Gasteiger partial charge in [0.1, 0.15) is 11.9 Å². The Morgan fingerprint density at radius 2 is 1.94 bits per heavy atom. The molecular weight excluding hydrogens is 222 g/mol. The van der Waals surface area contributed by atoms with Gasteiger partial charge in [-0.2, -0.15) is 0 Å². The van der Waals surface area contributed by atoms with E-state index in [1.165, 1.54) is 18.4 Å². The number of hydrogen-bond acceptors (Lipinski definition) is 2. The highest BCUT2D eigenvalue weighted by molar-refractivity contribution is 5.85. The fourth-order valence-corrected chi connectivity index (χ4v) is 2.15. The predicted molar refractivity (Wildman–Crippen MR) is 67.3 cm³/mol. The van der Waals surface area contributed by atoms with E-state index in [4.69, 9.17) is 10.5 Å². The third kappa shape index (κ3) is 2.50. The van der Waals surface area contributed by atoms with Crippen molar-refractivity contribution in [3.05, 3.63) is 29.8 Å². The number of nitrogens with two attached hydrogens (primary N) is 1. The second-order valence-electron chi connectivity index (χ2n) is 4.82. The number of hydrogen-bond donors (Lipinski definition) is 1. The van der Waals surface area contributed by atoms with Crippen molar-refractivity contribution in [2.75, 3.05) is 0 Å². The van der Waals surface area contributed by atoms with E-state index >= 15 is 0 Å². The first kappa shape index (κ1) is 11.7. The Hall–Kier alpha value is -0.730. The predicted octanol–water partition coefficient (Wildman–Crippen LogP) is 2.85. The Morgan fingerprint density at radius 1 is 1.19 bits per heavy atom. The van der Waals surface area contributed by atoms with Gasteiger partial charge in [0, 0.05) is 6.04 Å².